The summed E-state index contributed by atoms with van der Waals surface area (Å²) in [7, 11) is 0. The van der Waals surface area contributed by atoms with Gasteiger partial charge in [0.15, 0.2) is 0 Å². The van der Waals surface area contributed by atoms with E-state index >= 15 is 0 Å². The van der Waals surface area contributed by atoms with Gasteiger partial charge in [0.25, 0.3) is 5.91 Å². The molecule has 4 fully saturated rings. The molecule has 1 atom stereocenters. The van der Waals surface area contributed by atoms with Crippen molar-refractivity contribution in [1.29, 1.82) is 0 Å². The van der Waals surface area contributed by atoms with Crippen LogP contribution in [0.2, 0.25) is 0 Å². The largest absolute Gasteiger partial charge is 0.327 e. The van der Waals surface area contributed by atoms with E-state index in [1.165, 1.54) is 37.0 Å². The quantitative estimate of drug-likeness (QED) is 0.734. The van der Waals surface area contributed by atoms with Gasteiger partial charge in [-0.25, -0.2) is 4.79 Å². The van der Waals surface area contributed by atoms with Gasteiger partial charge in [-0.1, -0.05) is 19.3 Å². The van der Waals surface area contributed by atoms with Crippen LogP contribution in [0.1, 0.15) is 58.3 Å². The second-order valence-corrected chi connectivity index (χ2v) is 8.04. The first-order valence-electron chi connectivity index (χ1n) is 9.50. The summed E-state index contributed by atoms with van der Waals surface area (Å²) < 4.78 is 0. The molecular formula is C18H29N3O2. The Bertz CT molecular complexity index is 466. The number of nitrogens with zero attached hydrogens (tertiary/aromatic N) is 3. The van der Waals surface area contributed by atoms with Crippen molar-refractivity contribution in [2.45, 2.75) is 70.4 Å². The summed E-state index contributed by atoms with van der Waals surface area (Å²) in [6, 6.07) is 0.582. The van der Waals surface area contributed by atoms with Gasteiger partial charge < -0.3 is 9.80 Å². The van der Waals surface area contributed by atoms with Crippen molar-refractivity contribution in [3.63, 3.8) is 0 Å². The van der Waals surface area contributed by atoms with Gasteiger partial charge in [0.05, 0.1) is 0 Å². The maximum absolute atomic E-state index is 12.4. The number of carbonyl (C=O) groups is 2. The minimum atomic E-state index is -0.163. The third-order valence-corrected chi connectivity index (χ3v) is 6.80. The molecule has 0 N–H and O–H groups in total. The van der Waals surface area contributed by atoms with E-state index < -0.39 is 0 Å². The molecule has 3 heterocycles. The molecule has 5 nitrogen and oxygen atoms in total. The molecule has 0 radical (unpaired) electrons. The normalized spacial score (nSPS) is 32.1. The van der Waals surface area contributed by atoms with Crippen molar-refractivity contribution >= 4 is 11.9 Å². The first-order chi connectivity index (χ1) is 11.1. The van der Waals surface area contributed by atoms with E-state index in [9.17, 15) is 9.59 Å². The van der Waals surface area contributed by atoms with Crippen LogP contribution in [-0.2, 0) is 4.79 Å². The molecule has 0 aromatic rings. The van der Waals surface area contributed by atoms with Gasteiger partial charge in [-0.2, -0.15) is 0 Å². The number of imide groups is 1. The number of likely N-dealkylation sites (N-methyl/N-ethyl adjacent to an activating group) is 1. The summed E-state index contributed by atoms with van der Waals surface area (Å²) in [5.41, 5.74) is 0.209. The van der Waals surface area contributed by atoms with Gasteiger partial charge >= 0.3 is 6.03 Å². The summed E-state index contributed by atoms with van der Waals surface area (Å²) in [6.45, 7) is 5.51. The molecule has 4 rings (SSSR count). The number of rotatable bonds is 2. The molecule has 3 saturated heterocycles. The average Bonchev–Trinajstić information content (AvgIpc) is 3.05. The summed E-state index contributed by atoms with van der Waals surface area (Å²) in [5, 5.41) is 0. The average molecular weight is 319 g/mol. The van der Waals surface area contributed by atoms with Crippen LogP contribution >= 0.6 is 0 Å². The molecule has 5 heteroatoms. The Labute approximate surface area is 139 Å². The minimum absolute atomic E-state index is 0.0454. The molecule has 23 heavy (non-hydrogen) atoms. The van der Waals surface area contributed by atoms with Crippen LogP contribution in [0.3, 0.4) is 0 Å². The van der Waals surface area contributed by atoms with Crippen LogP contribution in [0.4, 0.5) is 4.79 Å². The zero-order valence-electron chi connectivity index (χ0n) is 14.3. The third-order valence-electron chi connectivity index (χ3n) is 6.80. The smallest absolute Gasteiger partial charge is 0.312 e. The molecule has 0 bridgehead atoms. The monoisotopic (exact) mass is 319 g/mol. The number of hydrogen-bond acceptors (Lipinski definition) is 3. The zero-order valence-corrected chi connectivity index (χ0v) is 14.3. The summed E-state index contributed by atoms with van der Waals surface area (Å²) in [5.74, 6) is 0.0454. The highest BCUT2D eigenvalue weighted by Crippen LogP contribution is 2.46. The first-order valence-corrected chi connectivity index (χ1v) is 9.50. The van der Waals surface area contributed by atoms with Crippen molar-refractivity contribution in [1.82, 2.24) is 14.7 Å². The Morgan fingerprint density at radius 2 is 1.78 bits per heavy atom. The fourth-order valence-electron chi connectivity index (χ4n) is 5.37. The first kappa shape index (κ1) is 15.4. The van der Waals surface area contributed by atoms with Crippen molar-refractivity contribution in [2.24, 2.45) is 5.41 Å². The number of carbonyl (C=O) groups excluding carboxylic acids is 2. The Kier molecular flexibility index (Phi) is 3.87. The van der Waals surface area contributed by atoms with E-state index in [2.05, 4.69) is 4.90 Å². The zero-order chi connectivity index (χ0) is 16.0. The molecule has 1 spiro atoms. The fourth-order valence-corrected chi connectivity index (χ4v) is 5.37. The predicted molar refractivity (Wildman–Crippen MR) is 88.0 cm³/mol. The van der Waals surface area contributed by atoms with E-state index in [0.717, 1.165) is 44.9 Å². The van der Waals surface area contributed by atoms with Crippen LogP contribution in [0.25, 0.3) is 0 Å². The van der Waals surface area contributed by atoms with Gasteiger partial charge in [-0.05, 0) is 57.5 Å². The van der Waals surface area contributed by atoms with Crippen LogP contribution in [0.5, 0.6) is 0 Å². The Balaban J connectivity index is 1.39. The highest BCUT2D eigenvalue weighted by Gasteiger charge is 2.56. The van der Waals surface area contributed by atoms with Crippen molar-refractivity contribution in [2.75, 3.05) is 26.2 Å². The molecule has 0 aromatic heterocycles. The number of urea groups is 1. The van der Waals surface area contributed by atoms with E-state index in [1.54, 1.807) is 0 Å². The summed E-state index contributed by atoms with van der Waals surface area (Å²) >= 11 is 0. The van der Waals surface area contributed by atoms with Crippen LogP contribution < -0.4 is 0 Å². The maximum atomic E-state index is 12.4. The summed E-state index contributed by atoms with van der Waals surface area (Å²) in [6.07, 6.45) is 10.1. The molecule has 3 aliphatic heterocycles. The van der Waals surface area contributed by atoms with E-state index in [1.807, 2.05) is 11.8 Å². The standard InChI is InChI=1S/C18H29N3O2/c1-2-20-16(22)15-12-18(13-21(15)17(20)23)8-10-19(11-9-18)14-6-4-3-5-7-14/h14-15H,2-13H2,1H3. The van der Waals surface area contributed by atoms with E-state index in [4.69, 9.17) is 0 Å². The lowest BCUT2D eigenvalue weighted by atomic mass is 9.75. The molecule has 1 saturated carbocycles. The molecule has 1 aliphatic carbocycles. The van der Waals surface area contributed by atoms with Crippen LogP contribution in [0.15, 0.2) is 0 Å². The number of hydrogen-bond donors (Lipinski definition) is 0. The van der Waals surface area contributed by atoms with Gasteiger partial charge in [-0.15, -0.1) is 0 Å². The molecule has 3 amide bonds. The molecule has 128 valence electrons. The molecule has 0 aromatic carbocycles. The van der Waals surface area contributed by atoms with Crippen molar-refractivity contribution in [3.05, 3.63) is 0 Å². The van der Waals surface area contributed by atoms with Crippen molar-refractivity contribution in [3.8, 4) is 0 Å². The molecular weight excluding hydrogens is 290 g/mol. The third kappa shape index (κ3) is 2.48. The highest BCUT2D eigenvalue weighted by atomic mass is 16.2. The summed E-state index contributed by atoms with van der Waals surface area (Å²) in [4.78, 5) is 30.8. The topological polar surface area (TPSA) is 43.9 Å². The SMILES string of the molecule is CCN1C(=O)C2CC3(CCN(C4CCCCC4)CC3)CN2C1=O. The second kappa shape index (κ2) is 5.76. The fraction of sp³-hybridized carbons (Fsp3) is 0.889. The number of likely N-dealkylation sites (tertiary alicyclic amines) is 1. The number of fused-ring (bicyclic) bond motifs is 1. The van der Waals surface area contributed by atoms with Gasteiger partial charge in [-0.3, -0.25) is 9.69 Å². The van der Waals surface area contributed by atoms with E-state index in [-0.39, 0.29) is 23.4 Å². The predicted octanol–water partition coefficient (Wildman–Crippen LogP) is 2.46. The maximum Gasteiger partial charge on any atom is 0.327 e. The van der Waals surface area contributed by atoms with Gasteiger partial charge in [0.1, 0.15) is 6.04 Å². The lowest BCUT2D eigenvalue weighted by molar-refractivity contribution is -0.128. The Morgan fingerprint density at radius 3 is 2.39 bits per heavy atom. The van der Waals surface area contributed by atoms with Crippen LogP contribution in [0, 0.1) is 5.41 Å². The van der Waals surface area contributed by atoms with Gasteiger partial charge in [0.2, 0.25) is 0 Å². The van der Waals surface area contributed by atoms with Crippen molar-refractivity contribution < 1.29 is 9.59 Å². The second-order valence-electron chi connectivity index (χ2n) is 8.04. The van der Waals surface area contributed by atoms with E-state index in [0.29, 0.717) is 6.54 Å². The lowest BCUT2D eigenvalue weighted by Gasteiger charge is -2.44. The lowest BCUT2D eigenvalue weighted by Crippen LogP contribution is -2.47. The van der Waals surface area contributed by atoms with Gasteiger partial charge in [0, 0.05) is 19.1 Å². The highest BCUT2D eigenvalue weighted by molar-refractivity contribution is 6.04. The Morgan fingerprint density at radius 1 is 1.09 bits per heavy atom. The number of piperidine rings is 1. The molecule has 1 unspecified atom stereocenters. The minimum Gasteiger partial charge on any atom is -0.312 e. The number of amides is 3. The van der Waals surface area contributed by atoms with Crippen LogP contribution in [-0.4, -0.2) is 64.9 Å². The molecule has 4 aliphatic rings. The Hall–Kier alpha value is -1.10.